The van der Waals surface area contributed by atoms with Crippen molar-refractivity contribution in [3.05, 3.63) is 93.9 Å². The molecule has 0 aliphatic carbocycles. The van der Waals surface area contributed by atoms with Gasteiger partial charge in [0.05, 0.1) is 18.2 Å². The summed E-state index contributed by atoms with van der Waals surface area (Å²) in [4.78, 5) is 2.39. The summed E-state index contributed by atoms with van der Waals surface area (Å²) in [5.41, 5.74) is 4.57. The van der Waals surface area contributed by atoms with Crippen LogP contribution in [0.25, 0.3) is 10.9 Å². The second-order valence-electron chi connectivity index (χ2n) is 9.75. The van der Waals surface area contributed by atoms with Crippen molar-refractivity contribution in [1.29, 1.82) is 0 Å². The summed E-state index contributed by atoms with van der Waals surface area (Å²) in [6.07, 6.45) is -3.04. The van der Waals surface area contributed by atoms with Crippen molar-refractivity contribution >= 4 is 10.9 Å². The molecular formula is C29H26F4N2O3. The number of benzene rings is 3. The molecule has 1 atom stereocenters. The highest BCUT2D eigenvalue weighted by Gasteiger charge is 2.36. The van der Waals surface area contributed by atoms with Gasteiger partial charge in [0.25, 0.3) is 0 Å². The molecule has 0 saturated carbocycles. The maximum atomic E-state index is 14.4. The van der Waals surface area contributed by atoms with Gasteiger partial charge in [-0.05, 0) is 59.9 Å². The number of ether oxygens (including phenoxy) is 2. The van der Waals surface area contributed by atoms with Gasteiger partial charge in [-0.2, -0.15) is 13.2 Å². The summed E-state index contributed by atoms with van der Waals surface area (Å²) in [6.45, 7) is 1.24. The number of para-hydroxylation sites is 1. The van der Waals surface area contributed by atoms with Gasteiger partial charge >= 0.3 is 6.18 Å². The second kappa shape index (κ2) is 9.32. The van der Waals surface area contributed by atoms with Crippen molar-refractivity contribution in [3.8, 4) is 11.5 Å². The van der Waals surface area contributed by atoms with Crippen molar-refractivity contribution in [2.75, 3.05) is 13.7 Å². The molecule has 0 amide bonds. The highest BCUT2D eigenvalue weighted by atomic mass is 19.4. The number of hydrogen-bond donors (Lipinski definition) is 1. The first-order valence-corrected chi connectivity index (χ1v) is 12.4. The van der Waals surface area contributed by atoms with Crippen LogP contribution in [0.5, 0.6) is 11.5 Å². The minimum Gasteiger partial charge on any atom is -0.493 e. The minimum atomic E-state index is -4.61. The Morgan fingerprint density at radius 1 is 1.05 bits per heavy atom. The van der Waals surface area contributed by atoms with E-state index >= 15 is 0 Å². The molecular weight excluding hydrogens is 500 g/mol. The van der Waals surface area contributed by atoms with Crippen LogP contribution in [0.4, 0.5) is 17.6 Å². The molecule has 5 nitrogen and oxygen atoms in total. The number of aromatic nitrogens is 1. The molecule has 2 aliphatic heterocycles. The molecule has 0 bridgehead atoms. The third-order valence-corrected chi connectivity index (χ3v) is 7.74. The molecule has 38 heavy (non-hydrogen) atoms. The number of fused-ring (bicyclic) bond motifs is 6. The van der Waals surface area contributed by atoms with E-state index in [0.717, 1.165) is 59.2 Å². The van der Waals surface area contributed by atoms with E-state index in [1.54, 1.807) is 0 Å². The van der Waals surface area contributed by atoms with Gasteiger partial charge < -0.3 is 19.1 Å². The molecule has 0 fully saturated rings. The summed E-state index contributed by atoms with van der Waals surface area (Å²) in [5, 5.41) is 11.2. The highest BCUT2D eigenvalue weighted by molar-refractivity contribution is 5.86. The van der Waals surface area contributed by atoms with Crippen molar-refractivity contribution in [3.63, 3.8) is 0 Å². The molecule has 1 aromatic heterocycles. The second-order valence-corrected chi connectivity index (χ2v) is 9.75. The lowest BCUT2D eigenvalue weighted by Gasteiger charge is -2.41. The topological polar surface area (TPSA) is 46.9 Å². The molecule has 198 valence electrons. The smallest absolute Gasteiger partial charge is 0.416 e. The lowest BCUT2D eigenvalue weighted by Crippen LogP contribution is -2.39. The van der Waals surface area contributed by atoms with Gasteiger partial charge in [-0.15, -0.1) is 0 Å². The predicted octanol–water partition coefficient (Wildman–Crippen LogP) is 5.99. The van der Waals surface area contributed by atoms with Crippen molar-refractivity contribution < 1.29 is 32.1 Å². The number of aliphatic hydroxyl groups excluding tert-OH is 1. The van der Waals surface area contributed by atoms with Gasteiger partial charge in [0.15, 0.2) is 11.5 Å². The van der Waals surface area contributed by atoms with E-state index in [2.05, 4.69) is 11.0 Å². The first-order valence-electron chi connectivity index (χ1n) is 12.4. The van der Waals surface area contributed by atoms with Gasteiger partial charge in [0.2, 0.25) is 0 Å². The van der Waals surface area contributed by atoms with E-state index in [-0.39, 0.29) is 24.9 Å². The van der Waals surface area contributed by atoms with Gasteiger partial charge in [0.1, 0.15) is 19.2 Å². The summed E-state index contributed by atoms with van der Waals surface area (Å²) >= 11 is 0. The lowest BCUT2D eigenvalue weighted by molar-refractivity contribution is -0.137. The molecule has 1 unspecified atom stereocenters. The number of rotatable bonds is 5. The van der Waals surface area contributed by atoms with E-state index in [0.29, 0.717) is 24.1 Å². The van der Waals surface area contributed by atoms with Crippen LogP contribution < -0.4 is 9.47 Å². The van der Waals surface area contributed by atoms with E-state index in [1.807, 2.05) is 34.9 Å². The Kier molecular flexibility index (Phi) is 6.07. The van der Waals surface area contributed by atoms with Crippen LogP contribution in [0.15, 0.2) is 54.6 Å². The standard InChI is InChI=1S/C29H26F4N2O3/c1-37-27-10-17-8-9-34-14-26-22(20-4-2-3-5-24(20)35(26)16-36)12-25(34)21(17)13-28(27)38-15-18-6-7-19(11-23(18)30)29(31,32)33/h2-7,10-11,13,25,36H,8-9,12,14-16H2,1H3. The Morgan fingerprint density at radius 2 is 1.87 bits per heavy atom. The summed E-state index contributed by atoms with van der Waals surface area (Å²) in [7, 11) is 1.53. The molecule has 4 aromatic rings. The van der Waals surface area contributed by atoms with Crippen LogP contribution in [0, 0.1) is 5.82 Å². The maximum Gasteiger partial charge on any atom is 0.416 e. The fourth-order valence-corrected chi connectivity index (χ4v) is 5.84. The zero-order valence-corrected chi connectivity index (χ0v) is 20.7. The summed E-state index contributed by atoms with van der Waals surface area (Å²) in [6, 6.07) is 14.5. The molecule has 3 heterocycles. The SMILES string of the molecule is COc1cc2c(cc1OCc1ccc(C(F)(F)F)cc1F)C1Cc3c(n(CO)c4ccccc34)CN1CC2. The van der Waals surface area contributed by atoms with E-state index < -0.39 is 17.6 Å². The van der Waals surface area contributed by atoms with Crippen LogP contribution in [0.2, 0.25) is 0 Å². The van der Waals surface area contributed by atoms with Crippen molar-refractivity contribution in [2.45, 2.75) is 44.9 Å². The normalized spacial score (nSPS) is 17.2. The maximum absolute atomic E-state index is 14.4. The van der Waals surface area contributed by atoms with Gasteiger partial charge in [-0.25, -0.2) is 4.39 Å². The monoisotopic (exact) mass is 526 g/mol. The largest absolute Gasteiger partial charge is 0.493 e. The number of nitrogens with zero attached hydrogens (tertiary/aromatic N) is 2. The van der Waals surface area contributed by atoms with Crippen LogP contribution in [-0.4, -0.2) is 28.2 Å². The molecule has 0 spiro atoms. The van der Waals surface area contributed by atoms with Crippen molar-refractivity contribution in [1.82, 2.24) is 9.47 Å². The highest BCUT2D eigenvalue weighted by Crippen LogP contribution is 2.44. The number of aliphatic hydroxyl groups is 1. The third-order valence-electron chi connectivity index (χ3n) is 7.74. The van der Waals surface area contributed by atoms with E-state index in [1.165, 1.54) is 12.7 Å². The average molecular weight is 527 g/mol. The molecule has 9 heteroatoms. The Bertz CT molecular complexity index is 1530. The van der Waals surface area contributed by atoms with Crippen LogP contribution in [-0.2, 0) is 38.9 Å². The summed E-state index contributed by atoms with van der Waals surface area (Å²) in [5.74, 6) is -0.0584. The number of halogens is 4. The quantitative estimate of drug-likeness (QED) is 0.325. The summed E-state index contributed by atoms with van der Waals surface area (Å²) < 4.78 is 66.6. The molecule has 2 aliphatic rings. The van der Waals surface area contributed by atoms with Crippen LogP contribution in [0.1, 0.15) is 39.6 Å². The minimum absolute atomic E-state index is 0.0264. The van der Waals surface area contributed by atoms with E-state index in [4.69, 9.17) is 9.47 Å². The molecule has 6 rings (SSSR count). The fourth-order valence-electron chi connectivity index (χ4n) is 5.84. The van der Waals surface area contributed by atoms with Gasteiger partial charge in [-0.1, -0.05) is 24.3 Å². The Balaban J connectivity index is 1.32. The fraction of sp³-hybridized carbons (Fsp3) is 0.310. The number of methoxy groups -OCH3 is 1. The Morgan fingerprint density at radius 3 is 2.61 bits per heavy atom. The molecule has 3 aromatic carbocycles. The molecule has 0 saturated heterocycles. The number of alkyl halides is 3. The molecule has 0 radical (unpaired) electrons. The zero-order valence-electron chi connectivity index (χ0n) is 20.7. The third kappa shape index (κ3) is 4.10. The molecule has 1 N–H and O–H groups in total. The Labute approximate surface area is 216 Å². The number of hydrogen-bond acceptors (Lipinski definition) is 4. The van der Waals surface area contributed by atoms with Crippen LogP contribution in [0.3, 0.4) is 0 Å². The first-order chi connectivity index (χ1) is 18.3. The lowest BCUT2D eigenvalue weighted by atomic mass is 9.85. The van der Waals surface area contributed by atoms with Gasteiger partial charge in [0, 0.05) is 35.8 Å². The Hall–Kier alpha value is -3.56. The van der Waals surface area contributed by atoms with E-state index in [9.17, 15) is 22.7 Å². The zero-order chi connectivity index (χ0) is 26.6. The van der Waals surface area contributed by atoms with Gasteiger partial charge in [-0.3, -0.25) is 4.90 Å². The van der Waals surface area contributed by atoms with Crippen molar-refractivity contribution in [2.24, 2.45) is 0 Å². The average Bonchev–Trinajstić information content (AvgIpc) is 3.22. The first kappa shape index (κ1) is 24.8. The predicted molar refractivity (Wildman–Crippen MR) is 133 cm³/mol. The van der Waals surface area contributed by atoms with Crippen LogP contribution >= 0.6 is 0 Å².